The zero-order valence-corrected chi connectivity index (χ0v) is 10.7. The van der Waals surface area contributed by atoms with Crippen LogP contribution in [0.5, 0.6) is 0 Å². The molecule has 2 nitrogen and oxygen atoms in total. The first-order valence-electron chi connectivity index (χ1n) is 5.32. The zero-order valence-electron chi connectivity index (χ0n) is 8.50. The Morgan fingerprint density at radius 1 is 1.40 bits per heavy atom. The molecule has 1 heterocycles. The molecule has 1 amide bonds. The van der Waals surface area contributed by atoms with Crippen molar-refractivity contribution in [2.75, 3.05) is 5.32 Å². The van der Waals surface area contributed by atoms with E-state index in [1.54, 1.807) is 12.1 Å². The number of hydrogen-bond acceptors (Lipinski definition) is 1. The van der Waals surface area contributed by atoms with E-state index in [9.17, 15) is 4.79 Å². The predicted octanol–water partition coefficient (Wildman–Crippen LogP) is 2.45. The first-order chi connectivity index (χ1) is 7.25. The van der Waals surface area contributed by atoms with E-state index in [-0.39, 0.29) is 15.4 Å². The van der Waals surface area contributed by atoms with Crippen molar-refractivity contribution in [1.29, 1.82) is 0 Å². The van der Waals surface area contributed by atoms with Gasteiger partial charge in [0.15, 0.2) is 0 Å². The van der Waals surface area contributed by atoms with Gasteiger partial charge < -0.3 is 5.32 Å². The molecular formula is C11H14ClNOSi. The van der Waals surface area contributed by atoms with Crippen molar-refractivity contribution in [2.24, 2.45) is 0 Å². The molecule has 15 heavy (non-hydrogen) atoms. The van der Waals surface area contributed by atoms with Crippen LogP contribution in [-0.2, 0) is 4.79 Å². The zero-order chi connectivity index (χ0) is 10.7. The second-order valence-electron chi connectivity index (χ2n) is 3.98. The Morgan fingerprint density at radius 2 is 2.13 bits per heavy atom. The highest BCUT2D eigenvalue weighted by atomic mass is 35.5. The Balaban J connectivity index is 1.96. The molecule has 80 valence electrons. The second-order valence-corrected chi connectivity index (χ2v) is 6.68. The van der Waals surface area contributed by atoms with E-state index in [0.29, 0.717) is 10.6 Å². The van der Waals surface area contributed by atoms with Crippen molar-refractivity contribution in [2.45, 2.75) is 24.4 Å². The highest BCUT2D eigenvalue weighted by molar-refractivity contribution is 6.46. The largest absolute Gasteiger partial charge is 0.326 e. The molecule has 0 saturated carbocycles. The number of amides is 1. The number of halogens is 1. The van der Waals surface area contributed by atoms with E-state index >= 15 is 0 Å². The number of carbonyl (C=O) groups excluding carboxylic acids is 1. The van der Waals surface area contributed by atoms with Gasteiger partial charge in [0.05, 0.1) is 0 Å². The maximum Gasteiger partial charge on any atom is 0.224 e. The van der Waals surface area contributed by atoms with Crippen molar-refractivity contribution in [1.82, 2.24) is 0 Å². The van der Waals surface area contributed by atoms with Crippen LogP contribution in [0.25, 0.3) is 0 Å². The highest BCUT2D eigenvalue weighted by Gasteiger charge is 2.22. The number of hydrogen-bond donors (Lipinski definition) is 1. The average molecular weight is 240 g/mol. The molecule has 0 unspecified atom stereocenters. The lowest BCUT2D eigenvalue weighted by Gasteiger charge is -2.09. The van der Waals surface area contributed by atoms with Crippen LogP contribution in [0.4, 0.5) is 5.69 Å². The summed E-state index contributed by atoms with van der Waals surface area (Å²) in [5, 5.41) is 3.65. The molecular weight excluding hydrogens is 226 g/mol. The molecule has 0 aromatic heterocycles. The smallest absolute Gasteiger partial charge is 0.224 e. The summed E-state index contributed by atoms with van der Waals surface area (Å²) in [5.74, 6) is 0.210. The lowest BCUT2D eigenvalue weighted by Crippen LogP contribution is -2.19. The Morgan fingerprint density at radius 3 is 2.73 bits per heavy atom. The third-order valence-electron chi connectivity index (χ3n) is 2.84. The van der Waals surface area contributed by atoms with Crippen LogP contribution in [0.1, 0.15) is 12.8 Å². The fourth-order valence-corrected chi connectivity index (χ4v) is 4.10. The fourth-order valence-electron chi connectivity index (χ4n) is 1.97. The van der Waals surface area contributed by atoms with Gasteiger partial charge in [-0.05, 0) is 30.7 Å². The average Bonchev–Trinajstić information content (AvgIpc) is 2.74. The molecule has 4 heteroatoms. The topological polar surface area (TPSA) is 29.1 Å². The maximum absolute atomic E-state index is 11.8. The third kappa shape index (κ3) is 2.83. The summed E-state index contributed by atoms with van der Waals surface area (Å²) < 4.78 is 0. The molecule has 0 aliphatic carbocycles. The molecule has 1 aromatic carbocycles. The first kappa shape index (κ1) is 10.7. The van der Waals surface area contributed by atoms with Gasteiger partial charge in [0.25, 0.3) is 0 Å². The molecule has 0 bridgehead atoms. The third-order valence-corrected chi connectivity index (χ3v) is 5.47. The summed E-state index contributed by atoms with van der Waals surface area (Å²) in [4.78, 5) is 11.8. The van der Waals surface area contributed by atoms with E-state index < -0.39 is 0 Å². The van der Waals surface area contributed by atoms with Gasteiger partial charge in [-0.1, -0.05) is 24.1 Å². The Labute approximate surface area is 96.8 Å². The monoisotopic (exact) mass is 239 g/mol. The molecule has 2 rings (SSSR count). The number of anilines is 1. The summed E-state index contributed by atoms with van der Waals surface area (Å²) in [6.45, 7) is 0. The van der Waals surface area contributed by atoms with Crippen LogP contribution >= 0.6 is 11.6 Å². The Bertz CT molecular complexity index is 346. The quantitative estimate of drug-likeness (QED) is 0.790. The SMILES string of the molecule is O=C(Nc1ccc(Cl)cc1)[C@H]1CCC[SiH2]1. The summed E-state index contributed by atoms with van der Waals surface area (Å²) in [5.41, 5.74) is 1.20. The van der Waals surface area contributed by atoms with Gasteiger partial charge in [0.1, 0.15) is 0 Å². The van der Waals surface area contributed by atoms with Gasteiger partial charge in [-0.2, -0.15) is 0 Å². The van der Waals surface area contributed by atoms with Crippen LogP contribution in [0, 0.1) is 0 Å². The van der Waals surface area contributed by atoms with E-state index in [0.717, 1.165) is 12.1 Å². The fraction of sp³-hybridized carbons (Fsp3) is 0.364. The Hall–Kier alpha value is -0.803. The summed E-state index contributed by atoms with van der Waals surface area (Å²) >= 11 is 5.77. The van der Waals surface area contributed by atoms with Gasteiger partial charge in [-0.15, -0.1) is 0 Å². The van der Waals surface area contributed by atoms with Crippen molar-refractivity contribution in [3.8, 4) is 0 Å². The van der Waals surface area contributed by atoms with Gasteiger partial charge in [0.2, 0.25) is 5.91 Å². The lowest BCUT2D eigenvalue weighted by atomic mass is 10.2. The summed E-state index contributed by atoms with van der Waals surface area (Å²) in [7, 11) is -0.152. The second kappa shape index (κ2) is 4.81. The molecule has 1 atom stereocenters. The van der Waals surface area contributed by atoms with Crippen molar-refractivity contribution in [3.63, 3.8) is 0 Å². The maximum atomic E-state index is 11.8. The van der Waals surface area contributed by atoms with Crippen LogP contribution in [0.2, 0.25) is 16.6 Å². The Kier molecular flexibility index (Phi) is 3.44. The molecule has 1 aliphatic heterocycles. The number of benzene rings is 1. The van der Waals surface area contributed by atoms with Gasteiger partial charge >= 0.3 is 0 Å². The van der Waals surface area contributed by atoms with Crippen molar-refractivity contribution >= 4 is 32.7 Å². The number of nitrogens with one attached hydrogen (secondary N) is 1. The molecule has 0 radical (unpaired) electrons. The lowest BCUT2D eigenvalue weighted by molar-refractivity contribution is -0.116. The van der Waals surface area contributed by atoms with Crippen LogP contribution in [-0.4, -0.2) is 15.4 Å². The van der Waals surface area contributed by atoms with Gasteiger partial charge in [-0.25, -0.2) is 0 Å². The van der Waals surface area contributed by atoms with Crippen molar-refractivity contribution in [3.05, 3.63) is 29.3 Å². The molecule has 1 aliphatic rings. The summed E-state index contributed by atoms with van der Waals surface area (Å²) in [6.07, 6.45) is 2.33. The highest BCUT2D eigenvalue weighted by Crippen LogP contribution is 2.25. The number of rotatable bonds is 2. The minimum Gasteiger partial charge on any atom is -0.326 e. The van der Waals surface area contributed by atoms with Gasteiger partial charge in [0, 0.05) is 25.8 Å². The normalized spacial score (nSPS) is 21.8. The molecule has 1 saturated heterocycles. The molecule has 1 N–H and O–H groups in total. The van der Waals surface area contributed by atoms with E-state index in [1.165, 1.54) is 12.5 Å². The minimum atomic E-state index is -0.152. The number of carbonyl (C=O) groups is 1. The van der Waals surface area contributed by atoms with Gasteiger partial charge in [-0.3, -0.25) is 4.79 Å². The molecule has 1 fully saturated rings. The van der Waals surface area contributed by atoms with Crippen molar-refractivity contribution < 1.29 is 4.79 Å². The van der Waals surface area contributed by atoms with Crippen LogP contribution in [0.3, 0.4) is 0 Å². The van der Waals surface area contributed by atoms with E-state index in [2.05, 4.69) is 5.32 Å². The standard InChI is InChI=1S/C11H14ClNOSi/c12-8-3-5-9(6-4-8)13-11(14)10-2-1-7-15-10/h3-6,10H,1-2,7,15H2,(H,13,14)/t10-/m1/s1. The predicted molar refractivity (Wildman–Crippen MR) is 66.4 cm³/mol. The van der Waals surface area contributed by atoms with Crippen LogP contribution in [0.15, 0.2) is 24.3 Å². The van der Waals surface area contributed by atoms with E-state index in [4.69, 9.17) is 11.6 Å². The molecule has 1 aromatic rings. The summed E-state index contributed by atoms with van der Waals surface area (Å²) in [6, 6.07) is 8.60. The minimum absolute atomic E-state index is 0.152. The first-order valence-corrected chi connectivity index (χ1v) is 7.51. The molecule has 0 spiro atoms. The van der Waals surface area contributed by atoms with Crippen LogP contribution < -0.4 is 5.32 Å². The van der Waals surface area contributed by atoms with E-state index in [1.807, 2.05) is 12.1 Å².